The van der Waals surface area contributed by atoms with Crippen LogP contribution < -0.4 is 5.32 Å². The Bertz CT molecular complexity index is 740. The molecule has 106 valence electrons. The lowest BCUT2D eigenvalue weighted by Crippen LogP contribution is -2.20. The molecule has 21 heavy (non-hydrogen) atoms. The van der Waals surface area contributed by atoms with Gasteiger partial charge in [0.1, 0.15) is 5.82 Å². The number of halogens is 1. The zero-order valence-electron chi connectivity index (χ0n) is 11.8. The van der Waals surface area contributed by atoms with E-state index in [0.717, 1.165) is 22.3 Å². The molecule has 2 aromatic heterocycles. The van der Waals surface area contributed by atoms with Crippen LogP contribution in [0.1, 0.15) is 17.4 Å². The summed E-state index contributed by atoms with van der Waals surface area (Å²) in [6, 6.07) is 15.3. The van der Waals surface area contributed by atoms with Crippen molar-refractivity contribution in [2.75, 3.05) is 7.05 Å². The molecule has 1 atom stereocenters. The van der Waals surface area contributed by atoms with Crippen LogP contribution in [0.15, 0.2) is 54.7 Å². The standard InChI is InChI=1S/C17H16FN3/c1-19-17(16-9-7-13(18)11-20-16)10-14-8-6-12-4-2-3-5-15(12)21-14/h2-9,11,17,19H,10H2,1H3. The largest absolute Gasteiger partial charge is 0.311 e. The van der Waals surface area contributed by atoms with Gasteiger partial charge in [-0.1, -0.05) is 24.3 Å². The number of likely N-dealkylation sites (N-methyl/N-ethyl adjacent to an activating group) is 1. The van der Waals surface area contributed by atoms with Gasteiger partial charge in [-0.15, -0.1) is 0 Å². The van der Waals surface area contributed by atoms with Crippen LogP contribution in [0.2, 0.25) is 0 Å². The molecule has 1 unspecified atom stereocenters. The van der Waals surface area contributed by atoms with Crippen molar-refractivity contribution in [1.29, 1.82) is 0 Å². The molecule has 3 nitrogen and oxygen atoms in total. The number of nitrogens with zero attached hydrogens (tertiary/aromatic N) is 2. The van der Waals surface area contributed by atoms with Gasteiger partial charge < -0.3 is 5.32 Å². The second-order valence-corrected chi connectivity index (χ2v) is 4.94. The molecule has 0 saturated heterocycles. The average Bonchev–Trinajstić information content (AvgIpc) is 2.53. The van der Waals surface area contributed by atoms with E-state index < -0.39 is 0 Å². The highest BCUT2D eigenvalue weighted by atomic mass is 19.1. The van der Waals surface area contributed by atoms with Crippen LogP contribution in [0.25, 0.3) is 10.9 Å². The van der Waals surface area contributed by atoms with Gasteiger partial charge in [0, 0.05) is 17.5 Å². The lowest BCUT2D eigenvalue weighted by atomic mass is 10.1. The van der Waals surface area contributed by atoms with E-state index in [4.69, 9.17) is 0 Å². The quantitative estimate of drug-likeness (QED) is 0.797. The zero-order chi connectivity index (χ0) is 14.7. The van der Waals surface area contributed by atoms with Crippen LogP contribution in [-0.2, 0) is 6.42 Å². The number of hydrogen-bond donors (Lipinski definition) is 1. The Balaban J connectivity index is 1.86. The van der Waals surface area contributed by atoms with Crippen LogP contribution in [0.4, 0.5) is 4.39 Å². The predicted molar refractivity (Wildman–Crippen MR) is 81.4 cm³/mol. The van der Waals surface area contributed by atoms with E-state index in [0.29, 0.717) is 6.42 Å². The fraction of sp³-hybridized carbons (Fsp3) is 0.176. The monoisotopic (exact) mass is 281 g/mol. The van der Waals surface area contributed by atoms with E-state index >= 15 is 0 Å². The molecular weight excluding hydrogens is 265 g/mol. The molecule has 0 aliphatic heterocycles. The summed E-state index contributed by atoms with van der Waals surface area (Å²) < 4.78 is 13.0. The first kappa shape index (κ1) is 13.6. The van der Waals surface area contributed by atoms with Crippen LogP contribution in [-0.4, -0.2) is 17.0 Å². The molecule has 0 spiro atoms. The van der Waals surface area contributed by atoms with Crippen molar-refractivity contribution in [3.8, 4) is 0 Å². The third-order valence-electron chi connectivity index (χ3n) is 3.53. The molecule has 2 heterocycles. The number of benzene rings is 1. The summed E-state index contributed by atoms with van der Waals surface area (Å²) in [6.07, 6.45) is 1.95. The van der Waals surface area contributed by atoms with E-state index in [2.05, 4.69) is 21.4 Å². The third kappa shape index (κ3) is 3.06. The van der Waals surface area contributed by atoms with Gasteiger partial charge in [-0.2, -0.15) is 0 Å². The SMILES string of the molecule is CNC(Cc1ccc2ccccc2n1)c1ccc(F)cn1. The van der Waals surface area contributed by atoms with E-state index in [-0.39, 0.29) is 11.9 Å². The molecular formula is C17H16FN3. The van der Waals surface area contributed by atoms with Gasteiger partial charge in [-0.05, 0) is 31.3 Å². The zero-order valence-corrected chi connectivity index (χ0v) is 11.8. The molecule has 0 aliphatic carbocycles. The highest BCUT2D eigenvalue weighted by molar-refractivity contribution is 5.78. The Morgan fingerprint density at radius 3 is 2.71 bits per heavy atom. The molecule has 3 rings (SSSR count). The van der Waals surface area contributed by atoms with Gasteiger partial charge in [0.05, 0.1) is 23.4 Å². The molecule has 1 aromatic carbocycles. The first-order chi connectivity index (χ1) is 10.3. The van der Waals surface area contributed by atoms with E-state index in [1.54, 1.807) is 6.07 Å². The maximum Gasteiger partial charge on any atom is 0.141 e. The van der Waals surface area contributed by atoms with Crippen LogP contribution in [0.5, 0.6) is 0 Å². The molecule has 0 aliphatic rings. The normalized spacial score (nSPS) is 12.5. The van der Waals surface area contributed by atoms with Gasteiger partial charge in [0.25, 0.3) is 0 Å². The lowest BCUT2D eigenvalue weighted by molar-refractivity contribution is 0.561. The minimum Gasteiger partial charge on any atom is -0.311 e. The molecule has 0 radical (unpaired) electrons. The summed E-state index contributed by atoms with van der Waals surface area (Å²) in [5, 5.41) is 4.34. The number of hydrogen-bond acceptors (Lipinski definition) is 3. The first-order valence-corrected chi connectivity index (χ1v) is 6.89. The summed E-state index contributed by atoms with van der Waals surface area (Å²) in [4.78, 5) is 8.81. The molecule has 0 bridgehead atoms. The molecule has 1 N–H and O–H groups in total. The number of aromatic nitrogens is 2. The van der Waals surface area contributed by atoms with E-state index in [1.807, 2.05) is 37.4 Å². The summed E-state index contributed by atoms with van der Waals surface area (Å²) in [5.74, 6) is -0.322. The maximum atomic E-state index is 13.0. The van der Waals surface area contributed by atoms with Crippen LogP contribution >= 0.6 is 0 Å². The number of pyridine rings is 2. The van der Waals surface area contributed by atoms with Gasteiger partial charge >= 0.3 is 0 Å². The minimum atomic E-state index is -0.322. The minimum absolute atomic E-state index is 0.0132. The number of nitrogens with one attached hydrogen (secondary N) is 1. The molecule has 0 amide bonds. The summed E-state index contributed by atoms with van der Waals surface area (Å²) in [6.45, 7) is 0. The summed E-state index contributed by atoms with van der Waals surface area (Å²) in [7, 11) is 1.87. The Morgan fingerprint density at radius 2 is 1.95 bits per heavy atom. The summed E-state index contributed by atoms with van der Waals surface area (Å²) in [5.41, 5.74) is 2.78. The summed E-state index contributed by atoms with van der Waals surface area (Å²) >= 11 is 0. The second kappa shape index (κ2) is 5.97. The Labute approximate surface area is 122 Å². The third-order valence-corrected chi connectivity index (χ3v) is 3.53. The van der Waals surface area contributed by atoms with Crippen molar-refractivity contribution < 1.29 is 4.39 Å². The van der Waals surface area contributed by atoms with E-state index in [1.165, 1.54) is 12.3 Å². The maximum absolute atomic E-state index is 13.0. The van der Waals surface area contributed by atoms with Crippen molar-refractivity contribution in [1.82, 2.24) is 15.3 Å². The van der Waals surface area contributed by atoms with Crippen molar-refractivity contribution in [2.45, 2.75) is 12.5 Å². The Morgan fingerprint density at radius 1 is 1.10 bits per heavy atom. The van der Waals surface area contributed by atoms with Crippen LogP contribution in [0, 0.1) is 5.82 Å². The van der Waals surface area contributed by atoms with Crippen molar-refractivity contribution in [2.24, 2.45) is 0 Å². The fourth-order valence-electron chi connectivity index (χ4n) is 2.38. The molecule has 4 heteroatoms. The average molecular weight is 281 g/mol. The molecule has 0 saturated carbocycles. The Hall–Kier alpha value is -2.33. The lowest BCUT2D eigenvalue weighted by Gasteiger charge is -2.15. The van der Waals surface area contributed by atoms with Crippen molar-refractivity contribution >= 4 is 10.9 Å². The highest BCUT2D eigenvalue weighted by Gasteiger charge is 2.12. The second-order valence-electron chi connectivity index (χ2n) is 4.94. The van der Waals surface area contributed by atoms with Gasteiger partial charge in [-0.25, -0.2) is 4.39 Å². The number of rotatable bonds is 4. The number of para-hydroxylation sites is 1. The van der Waals surface area contributed by atoms with Gasteiger partial charge in [0.15, 0.2) is 0 Å². The van der Waals surface area contributed by atoms with Crippen LogP contribution in [0.3, 0.4) is 0 Å². The fourth-order valence-corrected chi connectivity index (χ4v) is 2.38. The van der Waals surface area contributed by atoms with E-state index in [9.17, 15) is 4.39 Å². The van der Waals surface area contributed by atoms with Gasteiger partial charge in [-0.3, -0.25) is 9.97 Å². The topological polar surface area (TPSA) is 37.8 Å². The molecule has 0 fully saturated rings. The van der Waals surface area contributed by atoms with Crippen molar-refractivity contribution in [3.05, 3.63) is 71.9 Å². The molecule has 3 aromatic rings. The highest BCUT2D eigenvalue weighted by Crippen LogP contribution is 2.18. The first-order valence-electron chi connectivity index (χ1n) is 6.89. The van der Waals surface area contributed by atoms with Crippen molar-refractivity contribution in [3.63, 3.8) is 0 Å². The Kier molecular flexibility index (Phi) is 3.88. The smallest absolute Gasteiger partial charge is 0.141 e. The number of fused-ring (bicyclic) bond motifs is 1. The van der Waals surface area contributed by atoms with Gasteiger partial charge in [0.2, 0.25) is 0 Å². The predicted octanol–water partition coefficient (Wildman–Crippen LogP) is 3.27.